The van der Waals surface area contributed by atoms with Gasteiger partial charge in [-0.05, 0) is 6.92 Å². The van der Waals surface area contributed by atoms with Crippen molar-refractivity contribution in [1.82, 2.24) is 0 Å². The Morgan fingerprint density at radius 3 is 1.86 bits per heavy atom. The first-order chi connectivity index (χ1) is 2.94. The van der Waals surface area contributed by atoms with E-state index < -0.39 is 14.3 Å². The minimum absolute atomic E-state index is 0.396. The molecule has 3 nitrogen and oxygen atoms in total. The molecule has 5 heteroatoms. The van der Waals surface area contributed by atoms with Gasteiger partial charge in [-0.2, -0.15) is 8.42 Å². The Bertz CT molecular complexity index is 165. The second-order valence-corrected chi connectivity index (χ2v) is 3.40. The van der Waals surface area contributed by atoms with Crippen molar-refractivity contribution in [2.24, 2.45) is 0 Å². The normalized spacial score (nSPS) is 11.1. The lowest BCUT2D eigenvalue weighted by Gasteiger charge is -1.83. The van der Waals surface area contributed by atoms with Crippen molar-refractivity contribution in [1.29, 1.82) is 0 Å². The molecule has 0 saturated carbocycles. The summed E-state index contributed by atoms with van der Waals surface area (Å²) in [6, 6.07) is 0. The topological polar surface area (TPSA) is 54.4 Å². The molecule has 0 aromatic rings. The van der Waals surface area contributed by atoms with Gasteiger partial charge < -0.3 is 0 Å². The summed E-state index contributed by atoms with van der Waals surface area (Å²) in [5, 5.41) is 0. The Balaban J connectivity index is 4.43. The summed E-state index contributed by atoms with van der Waals surface area (Å²) in [6.07, 6.45) is 0. The molecule has 0 radical (unpaired) electrons. The van der Waals surface area contributed by atoms with Gasteiger partial charge in [0.1, 0.15) is 4.20 Å². The summed E-state index contributed by atoms with van der Waals surface area (Å²) in [4.78, 5) is 0. The third-order valence-electron chi connectivity index (χ3n) is 0.363. The van der Waals surface area contributed by atoms with Crippen molar-refractivity contribution >= 4 is 26.5 Å². The van der Waals surface area contributed by atoms with Crippen molar-refractivity contribution in [3.8, 4) is 0 Å². The molecule has 0 heterocycles. The fourth-order valence-corrected chi connectivity index (χ4v) is 0. The minimum Gasteiger partial charge on any atom is -0.281 e. The van der Waals surface area contributed by atoms with E-state index in [1.165, 1.54) is 0 Å². The van der Waals surface area contributed by atoms with E-state index in [2.05, 4.69) is 12.2 Å². The van der Waals surface area contributed by atoms with Crippen LogP contribution in [0.3, 0.4) is 0 Å². The fraction of sp³-hybridized carbons (Fsp3) is 0.500. The quantitative estimate of drug-likeness (QED) is 0.386. The molecule has 0 rings (SSSR count). The van der Waals surface area contributed by atoms with Gasteiger partial charge in [0.05, 0.1) is 0 Å². The standard InChI is InChI=1S/C2H4O3S2/c1-2(6)7(3,4)5/h1H3,(H,3,4,5). The smallest absolute Gasteiger partial charge is 0.281 e. The first kappa shape index (κ1) is 7.00. The summed E-state index contributed by atoms with van der Waals surface area (Å²) < 4.78 is 27.0. The van der Waals surface area contributed by atoms with Crippen LogP contribution < -0.4 is 0 Å². The van der Waals surface area contributed by atoms with Crippen molar-refractivity contribution in [3.05, 3.63) is 0 Å². The molecule has 1 N–H and O–H groups in total. The number of thiocarbonyl (C=S) groups is 1. The molecule has 0 aliphatic heterocycles. The summed E-state index contributed by atoms with van der Waals surface area (Å²) >= 11 is 4.09. The summed E-state index contributed by atoms with van der Waals surface area (Å²) in [5.74, 6) is 0. The summed E-state index contributed by atoms with van der Waals surface area (Å²) in [7, 11) is -4.01. The molecule has 0 atom stereocenters. The minimum atomic E-state index is -4.01. The van der Waals surface area contributed by atoms with Gasteiger partial charge in [-0.3, -0.25) is 4.55 Å². The highest BCUT2D eigenvalue weighted by molar-refractivity contribution is 8.13. The molecule has 0 aliphatic carbocycles. The van der Waals surface area contributed by atoms with Crippen molar-refractivity contribution in [3.63, 3.8) is 0 Å². The molecule has 0 fully saturated rings. The van der Waals surface area contributed by atoms with Crippen LogP contribution in [-0.2, 0) is 10.1 Å². The zero-order valence-corrected chi connectivity index (χ0v) is 5.21. The zero-order chi connectivity index (χ0) is 6.08. The van der Waals surface area contributed by atoms with Crippen molar-refractivity contribution in [2.45, 2.75) is 6.92 Å². The van der Waals surface area contributed by atoms with Crippen LogP contribution in [0.2, 0.25) is 0 Å². The predicted octanol–water partition coefficient (Wildman–Crippen LogP) is 0.222. The first-order valence-electron chi connectivity index (χ1n) is 1.42. The number of rotatable bonds is 0. The van der Waals surface area contributed by atoms with Gasteiger partial charge in [-0.15, -0.1) is 0 Å². The van der Waals surface area contributed by atoms with E-state index in [1.54, 1.807) is 0 Å². The van der Waals surface area contributed by atoms with Crippen LogP contribution in [0.15, 0.2) is 0 Å². The average Bonchev–Trinajstić information content (AvgIpc) is 1.31. The van der Waals surface area contributed by atoms with E-state index >= 15 is 0 Å². The molecule has 0 unspecified atom stereocenters. The Kier molecular flexibility index (Phi) is 1.85. The largest absolute Gasteiger partial charge is 0.300 e. The molecule has 0 bridgehead atoms. The molecule has 0 aromatic carbocycles. The zero-order valence-electron chi connectivity index (χ0n) is 3.58. The predicted molar refractivity (Wildman–Crippen MR) is 29.8 cm³/mol. The lowest BCUT2D eigenvalue weighted by Crippen LogP contribution is -2.04. The van der Waals surface area contributed by atoms with Gasteiger partial charge in [0.25, 0.3) is 0 Å². The molecule has 0 spiro atoms. The molecule has 0 aliphatic rings. The summed E-state index contributed by atoms with van der Waals surface area (Å²) in [5.41, 5.74) is 0. The highest BCUT2D eigenvalue weighted by atomic mass is 32.2. The monoisotopic (exact) mass is 140 g/mol. The molecule has 42 valence electrons. The van der Waals surface area contributed by atoms with Crippen LogP contribution in [0.25, 0.3) is 0 Å². The van der Waals surface area contributed by atoms with Gasteiger partial charge in [0, 0.05) is 0 Å². The van der Waals surface area contributed by atoms with E-state index in [0.29, 0.717) is 0 Å². The van der Waals surface area contributed by atoms with Gasteiger partial charge in [0.15, 0.2) is 0 Å². The highest BCUT2D eigenvalue weighted by Crippen LogP contribution is 1.84. The third kappa shape index (κ3) is 2.67. The molecule has 0 saturated heterocycles. The second kappa shape index (κ2) is 1.85. The Morgan fingerprint density at radius 1 is 1.71 bits per heavy atom. The number of hydrogen-bond acceptors (Lipinski definition) is 3. The first-order valence-corrected chi connectivity index (χ1v) is 3.27. The molecule has 0 aromatic heterocycles. The van der Waals surface area contributed by atoms with Gasteiger partial charge in [-0.1, -0.05) is 12.2 Å². The van der Waals surface area contributed by atoms with E-state index in [0.717, 1.165) is 6.92 Å². The molecule has 0 amide bonds. The third-order valence-corrected chi connectivity index (χ3v) is 1.72. The van der Waals surface area contributed by atoms with Crippen molar-refractivity contribution < 1.29 is 13.0 Å². The van der Waals surface area contributed by atoms with E-state index in [4.69, 9.17) is 4.55 Å². The second-order valence-electron chi connectivity index (χ2n) is 0.967. The van der Waals surface area contributed by atoms with Crippen molar-refractivity contribution in [2.75, 3.05) is 0 Å². The van der Waals surface area contributed by atoms with Crippen LogP contribution in [0.1, 0.15) is 6.92 Å². The summed E-state index contributed by atoms with van der Waals surface area (Å²) in [6.45, 7) is 1.14. The van der Waals surface area contributed by atoms with Crippen LogP contribution >= 0.6 is 12.2 Å². The van der Waals surface area contributed by atoms with Crippen LogP contribution in [0, 0.1) is 0 Å². The maximum atomic E-state index is 9.75. The maximum Gasteiger partial charge on any atom is 0.300 e. The fourth-order valence-electron chi connectivity index (χ4n) is 0. The molecular formula is C2H4O3S2. The SMILES string of the molecule is CC(=S)S(=O)(=O)O. The van der Waals surface area contributed by atoms with E-state index in [1.807, 2.05) is 0 Å². The van der Waals surface area contributed by atoms with Crippen LogP contribution in [-0.4, -0.2) is 17.2 Å². The Morgan fingerprint density at radius 2 is 1.86 bits per heavy atom. The number of hydrogen-bond donors (Lipinski definition) is 1. The van der Waals surface area contributed by atoms with E-state index in [-0.39, 0.29) is 0 Å². The lowest BCUT2D eigenvalue weighted by molar-refractivity contribution is 0.498. The van der Waals surface area contributed by atoms with Crippen LogP contribution in [0.5, 0.6) is 0 Å². The maximum absolute atomic E-state index is 9.75. The van der Waals surface area contributed by atoms with Gasteiger partial charge >= 0.3 is 10.1 Å². The Hall–Kier alpha value is -0.0000000000000000763. The molecular weight excluding hydrogens is 136 g/mol. The lowest BCUT2D eigenvalue weighted by atomic mass is 11.0. The molecule has 7 heavy (non-hydrogen) atoms. The van der Waals surface area contributed by atoms with E-state index in [9.17, 15) is 8.42 Å². The van der Waals surface area contributed by atoms with Crippen LogP contribution in [0.4, 0.5) is 0 Å². The average molecular weight is 140 g/mol. The van der Waals surface area contributed by atoms with Gasteiger partial charge in [-0.25, -0.2) is 0 Å². The highest BCUT2D eigenvalue weighted by Gasteiger charge is 2.03. The Labute approximate surface area is 47.1 Å². The van der Waals surface area contributed by atoms with Gasteiger partial charge in [0.2, 0.25) is 0 Å².